The average Bonchev–Trinajstić information content (AvgIpc) is 2.27. The summed E-state index contributed by atoms with van der Waals surface area (Å²) in [6.45, 7) is 0. The van der Waals surface area contributed by atoms with E-state index < -0.39 is 0 Å². The summed E-state index contributed by atoms with van der Waals surface area (Å²) in [6.07, 6.45) is 3.22. The number of rotatable bonds is 2. The molecule has 1 aromatic heterocycles. The van der Waals surface area contributed by atoms with Gasteiger partial charge in [-0.3, -0.25) is 4.98 Å². The van der Waals surface area contributed by atoms with Gasteiger partial charge in [-0.15, -0.1) is 0 Å². The molecule has 0 aliphatic rings. The van der Waals surface area contributed by atoms with Gasteiger partial charge in [-0.2, -0.15) is 0 Å². The van der Waals surface area contributed by atoms with Crippen molar-refractivity contribution in [3.63, 3.8) is 0 Å². The predicted octanol–water partition coefficient (Wildman–Crippen LogP) is 4.54. The number of aromatic nitrogens is 1. The molecular formula is C11H6Br2FNO. The average molecular weight is 347 g/mol. The van der Waals surface area contributed by atoms with E-state index in [1.54, 1.807) is 24.5 Å². The first-order valence-corrected chi connectivity index (χ1v) is 5.98. The highest BCUT2D eigenvalue weighted by molar-refractivity contribution is 9.11. The van der Waals surface area contributed by atoms with Crippen LogP contribution in [0.15, 0.2) is 45.6 Å². The Kier molecular flexibility index (Phi) is 3.56. The molecule has 2 nitrogen and oxygen atoms in total. The molecule has 0 N–H and O–H groups in total. The molecule has 0 aliphatic heterocycles. The van der Waals surface area contributed by atoms with Gasteiger partial charge in [0.05, 0.1) is 8.95 Å². The Labute approximate surface area is 109 Å². The number of hydrogen-bond acceptors (Lipinski definition) is 2. The van der Waals surface area contributed by atoms with Crippen LogP contribution in [-0.4, -0.2) is 4.98 Å². The fourth-order valence-corrected chi connectivity index (χ4v) is 1.78. The zero-order valence-electron chi connectivity index (χ0n) is 7.95. The van der Waals surface area contributed by atoms with Gasteiger partial charge in [0.25, 0.3) is 0 Å². The Balaban J connectivity index is 2.34. The van der Waals surface area contributed by atoms with Crippen LogP contribution in [0.4, 0.5) is 4.39 Å². The summed E-state index contributed by atoms with van der Waals surface area (Å²) in [4.78, 5) is 3.91. The van der Waals surface area contributed by atoms with Crippen LogP contribution in [0.2, 0.25) is 0 Å². The third-order valence-electron chi connectivity index (χ3n) is 1.85. The van der Waals surface area contributed by atoms with Crippen LogP contribution in [0, 0.1) is 5.82 Å². The van der Waals surface area contributed by atoms with E-state index in [0.717, 1.165) is 0 Å². The van der Waals surface area contributed by atoms with Gasteiger partial charge in [0.1, 0.15) is 17.3 Å². The lowest BCUT2D eigenvalue weighted by Gasteiger charge is -2.08. The molecule has 0 fully saturated rings. The van der Waals surface area contributed by atoms with E-state index in [9.17, 15) is 4.39 Å². The minimum atomic E-state index is -0.344. The third kappa shape index (κ3) is 2.59. The highest BCUT2D eigenvalue weighted by atomic mass is 79.9. The molecule has 2 rings (SSSR count). The topological polar surface area (TPSA) is 22.1 Å². The normalized spacial score (nSPS) is 10.2. The Morgan fingerprint density at radius 1 is 1.06 bits per heavy atom. The molecule has 1 aromatic carbocycles. The SMILES string of the molecule is Fc1ccc(Br)c(Oc2ccncc2Br)c1. The molecule has 0 unspecified atom stereocenters. The maximum Gasteiger partial charge on any atom is 0.144 e. The number of pyridine rings is 1. The van der Waals surface area contributed by atoms with Crippen molar-refractivity contribution < 1.29 is 9.13 Å². The molecule has 16 heavy (non-hydrogen) atoms. The van der Waals surface area contributed by atoms with Crippen LogP contribution >= 0.6 is 31.9 Å². The second-order valence-corrected chi connectivity index (χ2v) is 4.69. The number of halogens is 3. The minimum absolute atomic E-state index is 0.344. The lowest BCUT2D eigenvalue weighted by atomic mass is 10.3. The molecule has 1 heterocycles. The summed E-state index contributed by atoms with van der Waals surface area (Å²) in [7, 11) is 0. The molecule has 2 aromatic rings. The quantitative estimate of drug-likeness (QED) is 0.796. The van der Waals surface area contributed by atoms with Crippen molar-refractivity contribution in [1.29, 1.82) is 0 Å². The maximum absolute atomic E-state index is 13.0. The van der Waals surface area contributed by atoms with Crippen molar-refractivity contribution in [3.8, 4) is 11.5 Å². The fourth-order valence-electron chi connectivity index (χ4n) is 1.12. The summed E-state index contributed by atoms with van der Waals surface area (Å²) in [5, 5.41) is 0. The monoisotopic (exact) mass is 345 g/mol. The van der Waals surface area contributed by atoms with E-state index in [1.807, 2.05) is 0 Å². The van der Waals surface area contributed by atoms with E-state index in [0.29, 0.717) is 20.4 Å². The van der Waals surface area contributed by atoms with Gasteiger partial charge in [-0.1, -0.05) is 0 Å². The minimum Gasteiger partial charge on any atom is -0.455 e. The van der Waals surface area contributed by atoms with Crippen molar-refractivity contribution in [2.45, 2.75) is 0 Å². The molecule has 82 valence electrons. The number of nitrogens with zero attached hydrogens (tertiary/aromatic N) is 1. The van der Waals surface area contributed by atoms with Gasteiger partial charge in [-0.25, -0.2) is 4.39 Å². The fraction of sp³-hybridized carbons (Fsp3) is 0. The molecule has 5 heteroatoms. The zero-order valence-corrected chi connectivity index (χ0v) is 11.1. The summed E-state index contributed by atoms with van der Waals surface area (Å²) in [5.74, 6) is 0.663. The van der Waals surface area contributed by atoms with Crippen molar-refractivity contribution in [2.75, 3.05) is 0 Å². The van der Waals surface area contributed by atoms with Gasteiger partial charge >= 0.3 is 0 Å². The molecule has 0 saturated carbocycles. The second-order valence-electron chi connectivity index (χ2n) is 2.98. The van der Waals surface area contributed by atoms with Crippen LogP contribution in [0.3, 0.4) is 0 Å². The first-order chi connectivity index (χ1) is 7.66. The Morgan fingerprint density at radius 3 is 2.62 bits per heavy atom. The van der Waals surface area contributed by atoms with Crippen molar-refractivity contribution in [2.24, 2.45) is 0 Å². The number of hydrogen-bond donors (Lipinski definition) is 0. The van der Waals surface area contributed by atoms with Crippen molar-refractivity contribution in [1.82, 2.24) is 4.98 Å². The van der Waals surface area contributed by atoms with Gasteiger partial charge < -0.3 is 4.74 Å². The Bertz CT molecular complexity index is 519. The van der Waals surface area contributed by atoms with E-state index in [2.05, 4.69) is 36.8 Å². The Morgan fingerprint density at radius 2 is 1.88 bits per heavy atom. The van der Waals surface area contributed by atoms with Crippen LogP contribution in [0.1, 0.15) is 0 Å². The zero-order chi connectivity index (χ0) is 11.5. The van der Waals surface area contributed by atoms with E-state index >= 15 is 0 Å². The first-order valence-electron chi connectivity index (χ1n) is 4.39. The van der Waals surface area contributed by atoms with Crippen molar-refractivity contribution in [3.05, 3.63) is 51.4 Å². The summed E-state index contributed by atoms with van der Waals surface area (Å²) in [6, 6.07) is 5.97. The van der Waals surface area contributed by atoms with Crippen LogP contribution in [0.5, 0.6) is 11.5 Å². The van der Waals surface area contributed by atoms with Crippen LogP contribution < -0.4 is 4.74 Å². The lowest BCUT2D eigenvalue weighted by molar-refractivity contribution is 0.470. The summed E-state index contributed by atoms with van der Waals surface area (Å²) in [5.41, 5.74) is 0. The largest absolute Gasteiger partial charge is 0.455 e. The third-order valence-corrected chi connectivity index (χ3v) is 3.10. The van der Waals surface area contributed by atoms with Crippen molar-refractivity contribution >= 4 is 31.9 Å². The highest BCUT2D eigenvalue weighted by Gasteiger charge is 2.06. The standard InChI is InChI=1S/C11H6Br2FNO/c12-8-2-1-7(14)5-11(8)16-10-3-4-15-6-9(10)13/h1-6H. The highest BCUT2D eigenvalue weighted by Crippen LogP contribution is 2.33. The van der Waals surface area contributed by atoms with E-state index in [1.165, 1.54) is 12.1 Å². The number of ether oxygens (including phenoxy) is 1. The maximum atomic E-state index is 13.0. The van der Waals surface area contributed by atoms with Crippen LogP contribution in [0.25, 0.3) is 0 Å². The van der Waals surface area contributed by atoms with Crippen LogP contribution in [-0.2, 0) is 0 Å². The predicted molar refractivity (Wildman–Crippen MR) is 66.1 cm³/mol. The lowest BCUT2D eigenvalue weighted by Crippen LogP contribution is -1.88. The van der Waals surface area contributed by atoms with Gasteiger partial charge in [0.2, 0.25) is 0 Å². The van der Waals surface area contributed by atoms with E-state index in [-0.39, 0.29) is 5.82 Å². The molecule has 0 spiro atoms. The van der Waals surface area contributed by atoms with Gasteiger partial charge in [-0.05, 0) is 44.0 Å². The first kappa shape index (κ1) is 11.5. The summed E-state index contributed by atoms with van der Waals surface area (Å²) >= 11 is 6.59. The molecule has 0 aliphatic carbocycles. The summed E-state index contributed by atoms with van der Waals surface area (Å²) < 4.78 is 20.0. The molecule has 0 saturated heterocycles. The van der Waals surface area contributed by atoms with Gasteiger partial charge in [0.15, 0.2) is 0 Å². The van der Waals surface area contributed by atoms with E-state index in [4.69, 9.17) is 4.74 Å². The molecular weight excluding hydrogens is 341 g/mol. The Hall–Kier alpha value is -0.940. The smallest absolute Gasteiger partial charge is 0.144 e. The van der Waals surface area contributed by atoms with Gasteiger partial charge in [0, 0.05) is 24.5 Å². The molecule has 0 atom stereocenters. The molecule has 0 radical (unpaired) electrons. The molecule has 0 bridgehead atoms. The molecule has 0 amide bonds. The number of benzene rings is 1. The second kappa shape index (κ2) is 4.93.